The van der Waals surface area contributed by atoms with E-state index in [2.05, 4.69) is 23.3 Å². The van der Waals surface area contributed by atoms with Gasteiger partial charge in [0.25, 0.3) is 0 Å². The summed E-state index contributed by atoms with van der Waals surface area (Å²) >= 11 is 5.82. The van der Waals surface area contributed by atoms with Crippen molar-refractivity contribution in [2.24, 2.45) is 5.92 Å². The molecule has 29 heavy (non-hydrogen) atoms. The molecule has 0 aliphatic carbocycles. The Bertz CT molecular complexity index is 681. The molecule has 1 aromatic rings. The summed E-state index contributed by atoms with van der Waals surface area (Å²) in [6, 6.07) is 9.07. The molecule has 0 spiro atoms. The summed E-state index contributed by atoms with van der Waals surface area (Å²) in [4.78, 5) is 37.4. The van der Waals surface area contributed by atoms with Crippen LogP contribution >= 0.6 is 24.4 Å². The van der Waals surface area contributed by atoms with Gasteiger partial charge in [0.15, 0.2) is 0 Å². The molecule has 1 aromatic carbocycles. The quantitative estimate of drug-likeness (QED) is 0.364. The fraction of sp³-hybridized carbons (Fsp3) is 0.571. The van der Waals surface area contributed by atoms with E-state index in [9.17, 15) is 14.4 Å². The Hall–Kier alpha value is -1.67. The van der Waals surface area contributed by atoms with Crippen molar-refractivity contribution in [3.8, 4) is 0 Å². The minimum Gasteiger partial charge on any atom is -0.464 e. The van der Waals surface area contributed by atoms with E-state index >= 15 is 0 Å². The van der Waals surface area contributed by atoms with Gasteiger partial charge < -0.3 is 15.4 Å². The number of rotatable bonds is 11. The molecule has 0 bridgehead atoms. The zero-order chi connectivity index (χ0) is 22.0. The summed E-state index contributed by atoms with van der Waals surface area (Å²) in [6.45, 7) is 8.90. The smallest absolute Gasteiger partial charge is 0.329 e. The van der Waals surface area contributed by atoms with Crippen molar-refractivity contribution in [1.29, 1.82) is 0 Å². The van der Waals surface area contributed by atoms with Gasteiger partial charge in [-0.2, -0.15) is 24.4 Å². The van der Waals surface area contributed by atoms with Gasteiger partial charge in [-0.1, -0.05) is 44.2 Å². The lowest BCUT2D eigenvalue weighted by molar-refractivity contribution is -0.147. The number of ether oxygens (including phenoxy) is 1. The fourth-order valence-corrected chi connectivity index (χ4v) is 3.43. The highest BCUT2D eigenvalue weighted by molar-refractivity contribution is 7.98. The molecule has 0 aliphatic rings. The third-order valence-electron chi connectivity index (χ3n) is 4.18. The Labute approximate surface area is 183 Å². The molecule has 0 radical (unpaired) electrons. The molecule has 2 atom stereocenters. The van der Waals surface area contributed by atoms with E-state index < -0.39 is 28.7 Å². The predicted molar refractivity (Wildman–Crippen MR) is 121 cm³/mol. The number of hydrogen-bond acceptors (Lipinski definition) is 6. The Kier molecular flexibility index (Phi) is 10.6. The molecule has 0 saturated heterocycles. The van der Waals surface area contributed by atoms with Crippen molar-refractivity contribution < 1.29 is 19.1 Å². The molecule has 0 aromatic heterocycles. The van der Waals surface area contributed by atoms with E-state index in [0.29, 0.717) is 11.5 Å². The number of thioether (sulfide) groups is 1. The topological polar surface area (TPSA) is 84.5 Å². The van der Waals surface area contributed by atoms with Crippen LogP contribution in [0.4, 0.5) is 0 Å². The van der Waals surface area contributed by atoms with Gasteiger partial charge in [0.05, 0.1) is 11.9 Å². The Morgan fingerprint density at radius 2 is 1.79 bits per heavy atom. The molecular formula is C21H32N2O4S2. The zero-order valence-corrected chi connectivity index (χ0v) is 19.4. The fourth-order valence-electron chi connectivity index (χ4n) is 2.36. The van der Waals surface area contributed by atoms with Crippen LogP contribution in [0.1, 0.15) is 40.2 Å². The second-order valence-corrected chi connectivity index (χ2v) is 9.17. The zero-order valence-electron chi connectivity index (χ0n) is 17.7. The van der Waals surface area contributed by atoms with Crippen molar-refractivity contribution in [3.63, 3.8) is 0 Å². The summed E-state index contributed by atoms with van der Waals surface area (Å²) in [5.41, 5.74) is -0.0607. The number of hydrogen-bond donors (Lipinski definition) is 3. The summed E-state index contributed by atoms with van der Waals surface area (Å²) < 4.78 is 5.10. The van der Waals surface area contributed by atoms with Crippen molar-refractivity contribution >= 4 is 42.2 Å². The van der Waals surface area contributed by atoms with Crippen LogP contribution in [-0.2, 0) is 24.9 Å². The van der Waals surface area contributed by atoms with E-state index in [1.807, 2.05) is 44.2 Å². The lowest BCUT2D eigenvalue weighted by Gasteiger charge is -2.29. The Balaban J connectivity index is 2.73. The number of carbonyl (C=O) groups excluding carboxylic acids is 3. The SMILES string of the molecule is CCOC(=O)C(CSCc1ccccc1)NC(=O)C(C)(C)NC(=O)[C@@H](S)C(C)C. The second-order valence-electron chi connectivity index (χ2n) is 7.58. The van der Waals surface area contributed by atoms with Gasteiger partial charge in [-0.3, -0.25) is 9.59 Å². The molecular weight excluding hydrogens is 408 g/mol. The third-order valence-corrected chi connectivity index (χ3v) is 6.11. The van der Waals surface area contributed by atoms with Crippen molar-refractivity contribution in [2.45, 2.75) is 57.2 Å². The van der Waals surface area contributed by atoms with Crippen LogP contribution in [0.5, 0.6) is 0 Å². The van der Waals surface area contributed by atoms with Crippen LogP contribution in [-0.4, -0.2) is 47.0 Å². The number of thiol groups is 1. The molecule has 0 aliphatic heterocycles. The number of benzene rings is 1. The Morgan fingerprint density at radius 3 is 2.34 bits per heavy atom. The summed E-state index contributed by atoms with van der Waals surface area (Å²) in [5.74, 6) is -0.160. The highest BCUT2D eigenvalue weighted by Gasteiger charge is 2.34. The monoisotopic (exact) mass is 440 g/mol. The molecule has 2 amide bonds. The van der Waals surface area contributed by atoms with E-state index in [1.54, 1.807) is 20.8 Å². The molecule has 2 N–H and O–H groups in total. The molecule has 8 heteroatoms. The van der Waals surface area contributed by atoms with Crippen molar-refractivity contribution in [1.82, 2.24) is 10.6 Å². The van der Waals surface area contributed by atoms with Crippen LogP contribution in [0.3, 0.4) is 0 Å². The molecule has 162 valence electrons. The van der Waals surface area contributed by atoms with Crippen LogP contribution in [0.2, 0.25) is 0 Å². The number of amides is 2. The maximum absolute atomic E-state index is 12.8. The molecule has 1 unspecified atom stereocenters. The van der Waals surface area contributed by atoms with Gasteiger partial charge in [0.2, 0.25) is 11.8 Å². The van der Waals surface area contributed by atoms with Crippen LogP contribution < -0.4 is 10.6 Å². The van der Waals surface area contributed by atoms with E-state index in [1.165, 1.54) is 11.8 Å². The van der Waals surface area contributed by atoms with E-state index in [-0.39, 0.29) is 18.4 Å². The van der Waals surface area contributed by atoms with Crippen LogP contribution in [0, 0.1) is 5.92 Å². The van der Waals surface area contributed by atoms with Gasteiger partial charge in [0, 0.05) is 11.5 Å². The standard InChI is InChI=1S/C21H32N2O4S2/c1-6-27-19(25)16(13-29-12-15-10-8-7-9-11-15)22-20(26)21(4,5)23-18(24)17(28)14(2)3/h7-11,14,16-17,28H,6,12-13H2,1-5H3,(H,22,26)(H,23,24)/t16?,17-/m0/s1. The minimum absolute atomic E-state index is 0.0267. The van der Waals surface area contributed by atoms with Crippen LogP contribution in [0.25, 0.3) is 0 Å². The van der Waals surface area contributed by atoms with E-state index in [0.717, 1.165) is 5.56 Å². The molecule has 0 saturated carbocycles. The van der Waals surface area contributed by atoms with Crippen LogP contribution in [0.15, 0.2) is 30.3 Å². The first kappa shape index (κ1) is 25.4. The molecule has 6 nitrogen and oxygen atoms in total. The largest absolute Gasteiger partial charge is 0.464 e. The number of nitrogens with one attached hydrogen (secondary N) is 2. The normalized spacial score (nSPS) is 13.5. The summed E-state index contributed by atoms with van der Waals surface area (Å²) in [6.07, 6.45) is 0. The van der Waals surface area contributed by atoms with Gasteiger partial charge in [0.1, 0.15) is 11.6 Å². The molecule has 0 fully saturated rings. The first-order valence-corrected chi connectivity index (χ1v) is 11.3. The Morgan fingerprint density at radius 1 is 1.17 bits per heavy atom. The summed E-state index contributed by atoms with van der Waals surface area (Å²) in [7, 11) is 0. The highest BCUT2D eigenvalue weighted by Crippen LogP contribution is 2.15. The first-order valence-electron chi connectivity index (χ1n) is 9.67. The number of carbonyl (C=O) groups is 3. The number of esters is 1. The van der Waals surface area contributed by atoms with Gasteiger partial charge in [-0.25, -0.2) is 4.79 Å². The first-order chi connectivity index (χ1) is 13.6. The van der Waals surface area contributed by atoms with Gasteiger partial charge >= 0.3 is 5.97 Å². The maximum atomic E-state index is 12.8. The second kappa shape index (κ2) is 12.1. The minimum atomic E-state index is -1.19. The average molecular weight is 441 g/mol. The summed E-state index contributed by atoms with van der Waals surface area (Å²) in [5, 5.41) is 4.91. The predicted octanol–water partition coefficient (Wildman–Crippen LogP) is 2.82. The maximum Gasteiger partial charge on any atom is 0.329 e. The van der Waals surface area contributed by atoms with E-state index in [4.69, 9.17) is 4.74 Å². The third kappa shape index (κ3) is 8.70. The lowest BCUT2D eigenvalue weighted by Crippen LogP contribution is -2.59. The molecule has 1 rings (SSSR count). The van der Waals surface area contributed by atoms with Gasteiger partial charge in [-0.15, -0.1) is 0 Å². The molecule has 0 heterocycles. The lowest BCUT2D eigenvalue weighted by atomic mass is 10.0. The van der Waals surface area contributed by atoms with Crippen molar-refractivity contribution in [3.05, 3.63) is 35.9 Å². The van der Waals surface area contributed by atoms with Gasteiger partial charge in [-0.05, 0) is 32.3 Å². The highest BCUT2D eigenvalue weighted by atomic mass is 32.2. The average Bonchev–Trinajstić information content (AvgIpc) is 2.66. The van der Waals surface area contributed by atoms with Crippen molar-refractivity contribution in [2.75, 3.05) is 12.4 Å².